The second kappa shape index (κ2) is 6.21. The summed E-state index contributed by atoms with van der Waals surface area (Å²) in [5, 5.41) is 0. The number of methoxy groups -OCH3 is 1. The lowest BCUT2D eigenvalue weighted by molar-refractivity contribution is -0.143. The number of ketones is 1. The average Bonchev–Trinajstić information content (AvgIpc) is 3.20. The minimum atomic E-state index is -3.64. The topological polar surface area (TPSA) is 80.8 Å². The number of ether oxygens (including phenoxy) is 1. The van der Waals surface area contributed by atoms with Crippen LogP contribution in [0.2, 0.25) is 0 Å². The predicted molar refractivity (Wildman–Crippen MR) is 91.3 cm³/mol. The zero-order valence-corrected chi connectivity index (χ0v) is 15.5. The van der Waals surface area contributed by atoms with Gasteiger partial charge in [0.15, 0.2) is 0 Å². The second-order valence-electron chi connectivity index (χ2n) is 7.16. The number of hydrogen-bond acceptors (Lipinski definition) is 5. The maximum absolute atomic E-state index is 13.0. The van der Waals surface area contributed by atoms with Crippen LogP contribution in [-0.2, 0) is 24.3 Å². The first-order valence-electron chi connectivity index (χ1n) is 8.36. The van der Waals surface area contributed by atoms with E-state index in [2.05, 4.69) is 0 Å². The van der Waals surface area contributed by atoms with E-state index < -0.39 is 15.4 Å². The van der Waals surface area contributed by atoms with Gasteiger partial charge < -0.3 is 9.53 Å². The van der Waals surface area contributed by atoms with Crippen molar-refractivity contribution in [3.05, 3.63) is 29.8 Å². The molecule has 25 heavy (non-hydrogen) atoms. The molecule has 7 heteroatoms. The van der Waals surface area contributed by atoms with E-state index in [1.165, 1.54) is 18.3 Å². The van der Waals surface area contributed by atoms with E-state index in [9.17, 15) is 18.0 Å². The Morgan fingerprint density at radius 1 is 1.28 bits per heavy atom. The Kier molecular flexibility index (Phi) is 4.49. The molecule has 0 unspecified atom stereocenters. The van der Waals surface area contributed by atoms with Crippen LogP contribution in [0.5, 0.6) is 0 Å². The number of piperidine rings is 1. The van der Waals surface area contributed by atoms with Gasteiger partial charge in [0.1, 0.15) is 5.78 Å². The van der Waals surface area contributed by atoms with Gasteiger partial charge in [-0.25, -0.2) is 8.42 Å². The molecular formula is C18H23NO5S. The highest BCUT2D eigenvalue weighted by Crippen LogP contribution is 2.65. The Labute approximate surface area is 148 Å². The van der Waals surface area contributed by atoms with Crippen LogP contribution in [0.25, 0.3) is 0 Å². The minimum absolute atomic E-state index is 0.0216. The maximum Gasteiger partial charge on any atom is 0.309 e. The maximum atomic E-state index is 13.0. The number of carbonyl (C=O) groups excluding carboxylic acids is 2. The van der Waals surface area contributed by atoms with Crippen molar-refractivity contribution in [2.75, 3.05) is 20.2 Å². The zero-order chi connectivity index (χ0) is 18.4. The van der Waals surface area contributed by atoms with Gasteiger partial charge in [0.25, 0.3) is 0 Å². The third-order valence-electron chi connectivity index (χ3n) is 5.50. The molecule has 0 amide bonds. The van der Waals surface area contributed by atoms with Gasteiger partial charge in [-0.2, -0.15) is 4.31 Å². The summed E-state index contributed by atoms with van der Waals surface area (Å²) in [6.07, 6.45) is 0.773. The molecule has 1 saturated heterocycles. The van der Waals surface area contributed by atoms with Crippen LogP contribution in [0, 0.1) is 24.2 Å². The van der Waals surface area contributed by atoms with E-state index in [0.29, 0.717) is 13.0 Å². The number of nitrogens with zero attached hydrogens (tertiary/aromatic N) is 1. The molecule has 0 aromatic heterocycles. The molecule has 1 aromatic carbocycles. The molecule has 3 atom stereocenters. The largest absolute Gasteiger partial charge is 0.469 e. The smallest absolute Gasteiger partial charge is 0.309 e. The van der Waals surface area contributed by atoms with Gasteiger partial charge in [-0.1, -0.05) is 17.7 Å². The number of Topliss-reactive ketones (excluding diaryl/α,β-unsaturated/α-hetero) is 1. The van der Waals surface area contributed by atoms with E-state index in [0.717, 1.165) is 5.56 Å². The van der Waals surface area contributed by atoms with Crippen LogP contribution in [0.1, 0.15) is 25.3 Å². The first kappa shape index (κ1) is 18.1. The zero-order valence-electron chi connectivity index (χ0n) is 14.7. The number of carbonyl (C=O) groups is 2. The van der Waals surface area contributed by atoms with E-state index in [4.69, 9.17) is 4.74 Å². The summed E-state index contributed by atoms with van der Waals surface area (Å²) in [4.78, 5) is 24.1. The first-order valence-corrected chi connectivity index (χ1v) is 9.80. The Bertz CT molecular complexity index is 801. The molecule has 1 aliphatic heterocycles. The highest BCUT2D eigenvalue weighted by atomic mass is 32.2. The fourth-order valence-electron chi connectivity index (χ4n) is 4.29. The molecule has 0 bridgehead atoms. The van der Waals surface area contributed by atoms with E-state index >= 15 is 0 Å². The van der Waals surface area contributed by atoms with Crippen molar-refractivity contribution in [2.45, 2.75) is 31.6 Å². The summed E-state index contributed by atoms with van der Waals surface area (Å²) in [6, 6.07) is 6.72. The normalized spacial score (nSPS) is 28.9. The van der Waals surface area contributed by atoms with Crippen molar-refractivity contribution in [1.29, 1.82) is 0 Å². The molecule has 1 aliphatic carbocycles. The second-order valence-corrected chi connectivity index (χ2v) is 9.10. The molecule has 136 valence electrons. The molecule has 1 saturated carbocycles. The van der Waals surface area contributed by atoms with Crippen molar-refractivity contribution in [3.63, 3.8) is 0 Å². The SMILES string of the molecule is COC(=O)[C@@H]1[C@H]2CCN(S(=O)(=O)c3ccc(C)cc3)C[C@]21CC(C)=O. The molecular weight excluding hydrogens is 342 g/mol. The van der Waals surface area contributed by atoms with Crippen LogP contribution in [-0.4, -0.2) is 44.7 Å². The quantitative estimate of drug-likeness (QED) is 0.743. The molecule has 0 radical (unpaired) electrons. The molecule has 1 aromatic rings. The third-order valence-corrected chi connectivity index (χ3v) is 7.36. The van der Waals surface area contributed by atoms with Gasteiger partial charge >= 0.3 is 5.97 Å². The molecule has 2 fully saturated rings. The van der Waals surface area contributed by atoms with Crippen molar-refractivity contribution >= 4 is 21.8 Å². The fourth-order valence-corrected chi connectivity index (χ4v) is 5.82. The van der Waals surface area contributed by atoms with Gasteiger partial charge in [-0.05, 0) is 38.3 Å². The van der Waals surface area contributed by atoms with Crippen molar-refractivity contribution in [1.82, 2.24) is 4.31 Å². The first-order chi connectivity index (χ1) is 11.7. The van der Waals surface area contributed by atoms with Crippen molar-refractivity contribution in [3.8, 4) is 0 Å². The van der Waals surface area contributed by atoms with Crippen molar-refractivity contribution < 1.29 is 22.7 Å². The monoisotopic (exact) mass is 365 g/mol. The molecule has 2 aliphatic rings. The Morgan fingerprint density at radius 3 is 2.48 bits per heavy atom. The number of hydrogen-bond donors (Lipinski definition) is 0. The van der Waals surface area contributed by atoms with Gasteiger partial charge in [-0.15, -0.1) is 0 Å². The van der Waals surface area contributed by atoms with Crippen LogP contribution in [0.4, 0.5) is 0 Å². The number of fused-ring (bicyclic) bond motifs is 1. The number of aryl methyl sites for hydroxylation is 1. The summed E-state index contributed by atoms with van der Waals surface area (Å²) in [7, 11) is -2.32. The van der Waals surface area contributed by atoms with E-state index in [1.54, 1.807) is 24.3 Å². The number of rotatable bonds is 5. The summed E-state index contributed by atoms with van der Waals surface area (Å²) < 4.78 is 32.2. The summed E-state index contributed by atoms with van der Waals surface area (Å²) >= 11 is 0. The number of esters is 1. The predicted octanol–water partition coefficient (Wildman–Crippen LogP) is 1.77. The van der Waals surface area contributed by atoms with Crippen LogP contribution >= 0.6 is 0 Å². The summed E-state index contributed by atoms with van der Waals surface area (Å²) in [5.74, 6) is -0.750. The lowest BCUT2D eigenvalue weighted by Gasteiger charge is -2.31. The molecule has 0 spiro atoms. The van der Waals surface area contributed by atoms with Gasteiger partial charge in [0, 0.05) is 24.9 Å². The standard InChI is InChI=1S/C18H23NO5S/c1-12-4-6-14(7-5-12)25(22,23)19-9-8-15-16(17(21)24-3)18(15,11-19)10-13(2)20/h4-7,15-16H,8-11H2,1-3H3/t15-,16+,18-/m1/s1. The fraction of sp³-hybridized carbons (Fsp3) is 0.556. The molecule has 0 N–H and O–H groups in total. The van der Waals surface area contributed by atoms with Gasteiger partial charge in [-0.3, -0.25) is 4.79 Å². The Balaban J connectivity index is 1.89. The molecule has 6 nitrogen and oxygen atoms in total. The van der Waals surface area contributed by atoms with E-state index in [1.807, 2.05) is 6.92 Å². The Hall–Kier alpha value is -1.73. The summed E-state index contributed by atoms with van der Waals surface area (Å²) in [5.41, 5.74) is 0.369. The minimum Gasteiger partial charge on any atom is -0.469 e. The van der Waals surface area contributed by atoms with E-state index in [-0.39, 0.29) is 41.4 Å². The Morgan fingerprint density at radius 2 is 1.92 bits per heavy atom. The number of benzene rings is 1. The highest BCUT2D eigenvalue weighted by Gasteiger charge is 2.70. The van der Waals surface area contributed by atoms with Crippen LogP contribution in [0.3, 0.4) is 0 Å². The number of sulfonamides is 1. The highest BCUT2D eigenvalue weighted by molar-refractivity contribution is 7.89. The third kappa shape index (κ3) is 3.00. The van der Waals surface area contributed by atoms with Crippen molar-refractivity contribution in [2.24, 2.45) is 17.3 Å². The average molecular weight is 365 g/mol. The lowest BCUT2D eigenvalue weighted by atomic mass is 9.92. The van der Waals surface area contributed by atoms with Gasteiger partial charge in [0.2, 0.25) is 10.0 Å². The molecule has 3 rings (SSSR count). The molecule has 1 heterocycles. The van der Waals surface area contributed by atoms with Gasteiger partial charge in [0.05, 0.1) is 17.9 Å². The summed E-state index contributed by atoms with van der Waals surface area (Å²) in [6.45, 7) is 3.92. The van der Waals surface area contributed by atoms with Crippen LogP contribution < -0.4 is 0 Å². The lowest BCUT2D eigenvalue weighted by Crippen LogP contribution is -2.42. The van der Waals surface area contributed by atoms with Crippen LogP contribution in [0.15, 0.2) is 29.2 Å².